The third-order valence-electron chi connectivity index (χ3n) is 2.83. The van der Waals surface area contributed by atoms with Gasteiger partial charge in [-0.05, 0) is 30.0 Å². The Morgan fingerprint density at radius 1 is 1.45 bits per heavy atom. The van der Waals surface area contributed by atoms with Gasteiger partial charge in [0.2, 0.25) is 0 Å². The SMILES string of the molecule is COc1ccc(C(C)=O)cc1Cn1ccc([N+](=O)[O-])n1. The van der Waals surface area contributed by atoms with Gasteiger partial charge in [0, 0.05) is 11.1 Å². The van der Waals surface area contributed by atoms with Gasteiger partial charge in [-0.2, -0.15) is 4.68 Å². The number of Topliss-reactive ketones (excluding diaryl/α,β-unsaturated/α-hetero) is 1. The van der Waals surface area contributed by atoms with Crippen molar-refractivity contribution in [1.29, 1.82) is 0 Å². The molecule has 0 amide bonds. The van der Waals surface area contributed by atoms with Gasteiger partial charge in [0.15, 0.2) is 5.78 Å². The van der Waals surface area contributed by atoms with Gasteiger partial charge in [-0.15, -0.1) is 0 Å². The summed E-state index contributed by atoms with van der Waals surface area (Å²) < 4.78 is 6.65. The molecular weight excluding hydrogens is 262 g/mol. The van der Waals surface area contributed by atoms with Crippen LogP contribution in [0, 0.1) is 10.1 Å². The van der Waals surface area contributed by atoms with Crippen LogP contribution in [0.3, 0.4) is 0 Å². The number of hydrogen-bond donors (Lipinski definition) is 0. The number of nitrogens with zero attached hydrogens (tertiary/aromatic N) is 3. The monoisotopic (exact) mass is 275 g/mol. The first-order valence-corrected chi connectivity index (χ1v) is 5.87. The van der Waals surface area contributed by atoms with Crippen molar-refractivity contribution in [2.24, 2.45) is 0 Å². The Balaban J connectivity index is 2.32. The van der Waals surface area contributed by atoms with E-state index in [2.05, 4.69) is 5.10 Å². The standard InChI is InChI=1S/C13H13N3O4/c1-9(17)10-3-4-12(20-2)11(7-10)8-15-6-5-13(14-15)16(18)19/h3-7H,8H2,1-2H3. The zero-order valence-electron chi connectivity index (χ0n) is 11.1. The number of benzene rings is 1. The van der Waals surface area contributed by atoms with E-state index in [1.165, 1.54) is 31.0 Å². The number of carbonyl (C=O) groups excluding carboxylic acids is 1. The number of methoxy groups -OCH3 is 1. The van der Waals surface area contributed by atoms with Crippen molar-refractivity contribution >= 4 is 11.6 Å². The van der Waals surface area contributed by atoms with Gasteiger partial charge in [-0.3, -0.25) is 4.79 Å². The number of aromatic nitrogens is 2. The van der Waals surface area contributed by atoms with Crippen molar-refractivity contribution in [2.75, 3.05) is 7.11 Å². The topological polar surface area (TPSA) is 87.3 Å². The second-order valence-electron chi connectivity index (χ2n) is 4.21. The Morgan fingerprint density at radius 3 is 2.75 bits per heavy atom. The molecule has 7 nitrogen and oxygen atoms in total. The molecule has 0 bridgehead atoms. The van der Waals surface area contributed by atoms with Crippen LogP contribution in [-0.4, -0.2) is 27.6 Å². The van der Waals surface area contributed by atoms with Crippen LogP contribution >= 0.6 is 0 Å². The predicted octanol–water partition coefficient (Wildman–Crippen LogP) is 2.05. The Kier molecular flexibility index (Phi) is 3.79. The van der Waals surface area contributed by atoms with E-state index in [4.69, 9.17) is 4.74 Å². The number of hydrogen-bond acceptors (Lipinski definition) is 5. The Morgan fingerprint density at radius 2 is 2.20 bits per heavy atom. The molecule has 2 aromatic rings. The molecule has 0 aliphatic rings. The average Bonchev–Trinajstić information content (AvgIpc) is 2.87. The van der Waals surface area contributed by atoms with Gasteiger partial charge in [0.05, 0.1) is 31.0 Å². The second-order valence-corrected chi connectivity index (χ2v) is 4.21. The van der Waals surface area contributed by atoms with E-state index in [1.54, 1.807) is 18.2 Å². The van der Waals surface area contributed by atoms with Gasteiger partial charge in [-0.25, -0.2) is 0 Å². The van der Waals surface area contributed by atoms with Crippen LogP contribution in [0.2, 0.25) is 0 Å². The Labute approximate surface area is 114 Å². The minimum absolute atomic E-state index is 0.0552. The van der Waals surface area contributed by atoms with E-state index in [0.717, 1.165) is 5.56 Å². The highest BCUT2D eigenvalue weighted by Crippen LogP contribution is 2.21. The van der Waals surface area contributed by atoms with Crippen LogP contribution in [0.25, 0.3) is 0 Å². The summed E-state index contributed by atoms with van der Waals surface area (Å²) in [6.45, 7) is 1.77. The lowest BCUT2D eigenvalue weighted by molar-refractivity contribution is -0.389. The fraction of sp³-hybridized carbons (Fsp3) is 0.231. The Hall–Kier alpha value is -2.70. The van der Waals surface area contributed by atoms with Crippen LogP contribution < -0.4 is 4.74 Å². The van der Waals surface area contributed by atoms with Gasteiger partial charge < -0.3 is 14.9 Å². The normalized spacial score (nSPS) is 10.3. The molecule has 0 fully saturated rings. The summed E-state index contributed by atoms with van der Waals surface area (Å²) in [5.41, 5.74) is 1.29. The Bertz CT molecular complexity index is 663. The van der Waals surface area contributed by atoms with E-state index < -0.39 is 4.92 Å². The van der Waals surface area contributed by atoms with E-state index >= 15 is 0 Å². The molecule has 0 aliphatic heterocycles. The molecule has 0 atom stereocenters. The molecular formula is C13H13N3O4. The fourth-order valence-electron chi connectivity index (χ4n) is 1.83. The molecule has 1 aromatic heterocycles. The molecule has 0 radical (unpaired) electrons. The highest BCUT2D eigenvalue weighted by molar-refractivity contribution is 5.94. The van der Waals surface area contributed by atoms with E-state index in [0.29, 0.717) is 11.3 Å². The average molecular weight is 275 g/mol. The van der Waals surface area contributed by atoms with Crippen molar-refractivity contribution in [1.82, 2.24) is 9.78 Å². The highest BCUT2D eigenvalue weighted by atomic mass is 16.6. The molecule has 0 saturated heterocycles. The molecule has 0 saturated carbocycles. The summed E-state index contributed by atoms with van der Waals surface area (Å²) in [7, 11) is 1.53. The largest absolute Gasteiger partial charge is 0.496 e. The van der Waals surface area contributed by atoms with Gasteiger partial charge in [0.25, 0.3) is 0 Å². The lowest BCUT2D eigenvalue weighted by Gasteiger charge is -2.08. The van der Waals surface area contributed by atoms with Crippen molar-refractivity contribution in [3.05, 3.63) is 51.7 Å². The predicted molar refractivity (Wildman–Crippen MR) is 71.0 cm³/mol. The molecule has 1 aromatic carbocycles. The van der Waals surface area contributed by atoms with Gasteiger partial charge in [0.1, 0.15) is 5.75 Å². The van der Waals surface area contributed by atoms with E-state index in [9.17, 15) is 14.9 Å². The summed E-state index contributed by atoms with van der Waals surface area (Å²) >= 11 is 0. The minimum atomic E-state index is -0.556. The van der Waals surface area contributed by atoms with Gasteiger partial charge in [-0.1, -0.05) is 0 Å². The molecule has 0 aliphatic carbocycles. The van der Waals surface area contributed by atoms with E-state index in [1.807, 2.05) is 0 Å². The summed E-state index contributed by atoms with van der Waals surface area (Å²) in [5, 5.41) is 14.4. The van der Waals surface area contributed by atoms with E-state index in [-0.39, 0.29) is 18.1 Å². The van der Waals surface area contributed by atoms with Crippen molar-refractivity contribution in [3.63, 3.8) is 0 Å². The molecule has 7 heteroatoms. The van der Waals surface area contributed by atoms with Crippen LogP contribution in [0.15, 0.2) is 30.5 Å². The zero-order valence-corrected chi connectivity index (χ0v) is 11.1. The molecule has 0 spiro atoms. The summed E-state index contributed by atoms with van der Waals surface area (Å²) in [5.74, 6) is 0.334. The molecule has 0 N–H and O–H groups in total. The minimum Gasteiger partial charge on any atom is -0.496 e. The lowest BCUT2D eigenvalue weighted by atomic mass is 10.1. The quantitative estimate of drug-likeness (QED) is 0.473. The second kappa shape index (κ2) is 5.52. The van der Waals surface area contributed by atoms with Crippen LogP contribution in [0.5, 0.6) is 5.75 Å². The summed E-state index contributed by atoms with van der Waals surface area (Å²) in [4.78, 5) is 21.4. The lowest BCUT2D eigenvalue weighted by Crippen LogP contribution is -2.05. The van der Waals surface area contributed by atoms with Crippen LogP contribution in [-0.2, 0) is 6.54 Å². The molecule has 20 heavy (non-hydrogen) atoms. The van der Waals surface area contributed by atoms with Gasteiger partial charge >= 0.3 is 5.82 Å². The first-order chi connectivity index (χ1) is 9.51. The van der Waals surface area contributed by atoms with Crippen LogP contribution in [0.1, 0.15) is 22.8 Å². The number of carbonyl (C=O) groups is 1. The maximum Gasteiger partial charge on any atom is 0.389 e. The third kappa shape index (κ3) is 2.82. The van der Waals surface area contributed by atoms with Crippen molar-refractivity contribution in [2.45, 2.75) is 13.5 Å². The summed E-state index contributed by atoms with van der Waals surface area (Å²) in [6.07, 6.45) is 1.51. The zero-order chi connectivity index (χ0) is 14.7. The number of nitro groups is 1. The molecule has 104 valence electrons. The van der Waals surface area contributed by atoms with Crippen molar-refractivity contribution < 1.29 is 14.5 Å². The maximum atomic E-state index is 11.4. The third-order valence-corrected chi connectivity index (χ3v) is 2.83. The molecule has 2 rings (SSSR count). The van der Waals surface area contributed by atoms with Crippen molar-refractivity contribution in [3.8, 4) is 5.75 Å². The first kappa shape index (κ1) is 13.7. The smallest absolute Gasteiger partial charge is 0.389 e. The summed E-state index contributed by atoms with van der Waals surface area (Å²) in [6, 6.07) is 6.40. The molecule has 1 heterocycles. The van der Waals surface area contributed by atoms with Crippen LogP contribution in [0.4, 0.5) is 5.82 Å². The fourth-order valence-corrected chi connectivity index (χ4v) is 1.83. The highest BCUT2D eigenvalue weighted by Gasteiger charge is 2.14. The maximum absolute atomic E-state index is 11.4. The molecule has 0 unspecified atom stereocenters. The number of ether oxygens (including phenoxy) is 1. The number of rotatable bonds is 5. The first-order valence-electron chi connectivity index (χ1n) is 5.87. The number of ketones is 1.